The number of likely N-dealkylation sites (N-methyl/N-ethyl adjacent to an activating group) is 1. The summed E-state index contributed by atoms with van der Waals surface area (Å²) < 4.78 is 49.7. The van der Waals surface area contributed by atoms with Crippen LogP contribution in [0.25, 0.3) is 10.9 Å². The highest BCUT2D eigenvalue weighted by molar-refractivity contribution is 7.89. The van der Waals surface area contributed by atoms with Gasteiger partial charge in [0.1, 0.15) is 17.7 Å². The molecule has 10 nitrogen and oxygen atoms in total. The Labute approximate surface area is 268 Å². The first-order valence-corrected chi connectivity index (χ1v) is 16.6. The number of aliphatic hydroxyl groups is 1. The summed E-state index contributed by atoms with van der Waals surface area (Å²) in [6.07, 6.45) is 1.36. The van der Waals surface area contributed by atoms with E-state index in [0.29, 0.717) is 17.0 Å². The van der Waals surface area contributed by atoms with Gasteiger partial charge in [0.25, 0.3) is 0 Å². The second kappa shape index (κ2) is 13.6. The lowest BCUT2D eigenvalue weighted by molar-refractivity contribution is -0.134. The molecule has 0 saturated carbocycles. The maximum absolute atomic E-state index is 13.6. The van der Waals surface area contributed by atoms with Gasteiger partial charge in [-0.3, -0.25) is 9.59 Å². The van der Waals surface area contributed by atoms with Gasteiger partial charge in [-0.15, -0.1) is 0 Å². The van der Waals surface area contributed by atoms with Crippen molar-refractivity contribution in [3.63, 3.8) is 0 Å². The fraction of sp³-hybridized carbons (Fsp3) is 0.353. The molecule has 3 atom stereocenters. The number of ether oxygens (including phenoxy) is 1. The molecule has 0 saturated heterocycles. The van der Waals surface area contributed by atoms with E-state index in [1.807, 2.05) is 49.0 Å². The summed E-state index contributed by atoms with van der Waals surface area (Å²) in [5.74, 6) is -0.942. The van der Waals surface area contributed by atoms with Crippen LogP contribution in [0.1, 0.15) is 25.0 Å². The number of aromatic nitrogens is 1. The molecule has 5 rings (SSSR count). The third-order valence-electron chi connectivity index (χ3n) is 8.49. The van der Waals surface area contributed by atoms with Gasteiger partial charge < -0.3 is 24.6 Å². The molecule has 4 aromatic rings. The Balaban J connectivity index is 1.41. The lowest BCUT2D eigenvalue weighted by Gasteiger charge is -2.33. The summed E-state index contributed by atoms with van der Waals surface area (Å²) in [6, 6.07) is 17.0. The van der Waals surface area contributed by atoms with Crippen molar-refractivity contribution < 1.29 is 32.2 Å². The zero-order valence-electron chi connectivity index (χ0n) is 26.3. The smallest absolute Gasteiger partial charge is 0.242 e. The Bertz CT molecular complexity index is 1840. The van der Waals surface area contributed by atoms with E-state index in [9.17, 15) is 27.5 Å². The van der Waals surface area contributed by atoms with Crippen molar-refractivity contribution in [1.82, 2.24) is 13.8 Å². The first-order chi connectivity index (χ1) is 21.9. The maximum atomic E-state index is 13.6. The standard InChI is InChI=1S/C34H39FN4O6S/c1-22-18-39(23(2)21-40)34(42)17-24-15-27(36-33(41)16-25-19-37(3)30-8-6-5-7-29(25)30)11-14-31(24)45-32(22)20-38(4)46(43,44)28-12-9-26(35)10-13-28/h5-15,19,22-23,32,40H,16-18,20-21H2,1-4H3,(H,36,41)/t22-,23-,32+/m1/s1. The average molecular weight is 651 g/mol. The van der Waals surface area contributed by atoms with Crippen LogP contribution in [0.15, 0.2) is 77.8 Å². The van der Waals surface area contributed by atoms with Crippen LogP contribution in [0.5, 0.6) is 5.75 Å². The molecular weight excluding hydrogens is 611 g/mol. The molecule has 0 fully saturated rings. The van der Waals surface area contributed by atoms with E-state index in [1.165, 1.54) is 19.2 Å². The quantitative estimate of drug-likeness (QED) is 0.283. The van der Waals surface area contributed by atoms with E-state index in [0.717, 1.165) is 32.9 Å². The predicted octanol–water partition coefficient (Wildman–Crippen LogP) is 3.97. The van der Waals surface area contributed by atoms with E-state index in [1.54, 1.807) is 30.0 Å². The van der Waals surface area contributed by atoms with E-state index in [2.05, 4.69) is 5.32 Å². The number of anilines is 1. The Kier molecular flexibility index (Phi) is 9.80. The Hall–Kier alpha value is -4.26. The molecule has 0 spiro atoms. The van der Waals surface area contributed by atoms with Gasteiger partial charge in [-0.05, 0) is 61.0 Å². The van der Waals surface area contributed by atoms with Crippen LogP contribution in [0, 0.1) is 11.7 Å². The van der Waals surface area contributed by atoms with Gasteiger partial charge >= 0.3 is 0 Å². The SMILES string of the molecule is C[C@@H]1CN([C@H](C)CO)C(=O)Cc2cc(NC(=O)Cc3cn(C)c4ccccc34)ccc2O[C@H]1CN(C)S(=O)(=O)c1ccc(F)cc1. The number of amides is 2. The molecule has 0 unspecified atom stereocenters. The molecule has 1 aliphatic heterocycles. The van der Waals surface area contributed by atoms with Crippen LogP contribution in [0.3, 0.4) is 0 Å². The second-order valence-electron chi connectivity index (χ2n) is 12.0. The fourth-order valence-corrected chi connectivity index (χ4v) is 6.99. The predicted molar refractivity (Wildman–Crippen MR) is 173 cm³/mol. The molecule has 12 heteroatoms. The summed E-state index contributed by atoms with van der Waals surface area (Å²) in [5, 5.41) is 13.9. The molecule has 1 aliphatic rings. The van der Waals surface area contributed by atoms with E-state index >= 15 is 0 Å². The summed E-state index contributed by atoms with van der Waals surface area (Å²) in [6.45, 7) is 3.52. The topological polar surface area (TPSA) is 121 Å². The van der Waals surface area contributed by atoms with E-state index < -0.39 is 28.0 Å². The summed E-state index contributed by atoms with van der Waals surface area (Å²) in [4.78, 5) is 28.2. The zero-order chi connectivity index (χ0) is 33.2. The van der Waals surface area contributed by atoms with E-state index in [4.69, 9.17) is 4.74 Å². The van der Waals surface area contributed by atoms with Crippen LogP contribution >= 0.6 is 0 Å². The molecule has 2 amide bonds. The van der Waals surface area contributed by atoms with Crippen LogP contribution in [0.4, 0.5) is 10.1 Å². The number of carbonyl (C=O) groups excluding carboxylic acids is 2. The average Bonchev–Trinajstić information content (AvgIpc) is 3.35. The van der Waals surface area contributed by atoms with Crippen molar-refractivity contribution in [3.05, 3.63) is 89.9 Å². The molecule has 2 heterocycles. The minimum absolute atomic E-state index is 0.0458. The molecule has 1 aromatic heterocycles. The zero-order valence-corrected chi connectivity index (χ0v) is 27.1. The summed E-state index contributed by atoms with van der Waals surface area (Å²) >= 11 is 0. The molecule has 2 N–H and O–H groups in total. The number of carbonyl (C=O) groups is 2. The fourth-order valence-electron chi connectivity index (χ4n) is 5.81. The first kappa shape index (κ1) is 33.1. The number of nitrogens with zero attached hydrogens (tertiary/aromatic N) is 3. The summed E-state index contributed by atoms with van der Waals surface area (Å²) in [7, 11) is -0.612. The van der Waals surface area contributed by atoms with Gasteiger partial charge in [0.15, 0.2) is 0 Å². The first-order valence-electron chi connectivity index (χ1n) is 15.1. The van der Waals surface area contributed by atoms with Crippen molar-refractivity contribution in [1.29, 1.82) is 0 Å². The molecule has 244 valence electrons. The number of benzene rings is 3. The normalized spacial score (nSPS) is 18.0. The number of hydrogen-bond donors (Lipinski definition) is 2. The highest BCUT2D eigenvalue weighted by atomic mass is 32.2. The van der Waals surface area contributed by atoms with Gasteiger partial charge in [0.05, 0.1) is 36.9 Å². The van der Waals surface area contributed by atoms with Crippen LogP contribution in [-0.4, -0.2) is 78.0 Å². The highest BCUT2D eigenvalue weighted by Gasteiger charge is 2.33. The molecule has 0 radical (unpaired) electrons. The maximum Gasteiger partial charge on any atom is 0.242 e. The van der Waals surface area contributed by atoms with Gasteiger partial charge in [-0.2, -0.15) is 4.31 Å². The minimum Gasteiger partial charge on any atom is -0.488 e. The van der Waals surface area contributed by atoms with Gasteiger partial charge in [-0.25, -0.2) is 12.8 Å². The number of fused-ring (bicyclic) bond motifs is 2. The van der Waals surface area contributed by atoms with Crippen LogP contribution in [0.2, 0.25) is 0 Å². The van der Waals surface area contributed by atoms with Gasteiger partial charge in [-0.1, -0.05) is 25.1 Å². The third kappa shape index (κ3) is 7.09. The molecule has 3 aromatic carbocycles. The lowest BCUT2D eigenvalue weighted by atomic mass is 10.0. The number of aryl methyl sites for hydroxylation is 1. The van der Waals surface area contributed by atoms with Crippen molar-refractivity contribution in [3.8, 4) is 5.75 Å². The van der Waals surface area contributed by atoms with Gasteiger partial charge in [0.2, 0.25) is 21.8 Å². The molecule has 0 aliphatic carbocycles. The lowest BCUT2D eigenvalue weighted by Crippen LogP contribution is -2.48. The van der Waals surface area contributed by atoms with Crippen molar-refractivity contribution in [2.45, 2.75) is 43.7 Å². The third-order valence-corrected chi connectivity index (χ3v) is 10.3. The summed E-state index contributed by atoms with van der Waals surface area (Å²) in [5.41, 5.74) is 2.93. The Morgan fingerprint density at radius 2 is 1.87 bits per heavy atom. The number of rotatable bonds is 9. The Morgan fingerprint density at radius 1 is 1.15 bits per heavy atom. The molecular formula is C34H39FN4O6S. The monoisotopic (exact) mass is 650 g/mol. The number of para-hydroxylation sites is 1. The van der Waals surface area contributed by atoms with Crippen molar-refractivity contribution in [2.24, 2.45) is 13.0 Å². The highest BCUT2D eigenvalue weighted by Crippen LogP contribution is 2.30. The Morgan fingerprint density at radius 3 is 2.59 bits per heavy atom. The minimum atomic E-state index is -3.97. The van der Waals surface area contributed by atoms with Crippen molar-refractivity contribution in [2.75, 3.05) is 32.1 Å². The van der Waals surface area contributed by atoms with E-state index in [-0.39, 0.29) is 55.2 Å². The number of sulfonamides is 1. The number of aliphatic hydroxyl groups excluding tert-OH is 1. The largest absolute Gasteiger partial charge is 0.488 e. The number of nitrogens with one attached hydrogen (secondary N) is 1. The van der Waals surface area contributed by atoms with Gasteiger partial charge in [0, 0.05) is 54.9 Å². The number of halogens is 1. The molecule has 46 heavy (non-hydrogen) atoms. The van der Waals surface area contributed by atoms with Crippen molar-refractivity contribution >= 4 is 38.4 Å². The van der Waals surface area contributed by atoms with Crippen LogP contribution < -0.4 is 10.1 Å². The second-order valence-corrected chi connectivity index (χ2v) is 14.0. The number of hydrogen-bond acceptors (Lipinski definition) is 6. The van der Waals surface area contributed by atoms with Crippen LogP contribution in [-0.2, 0) is 39.5 Å². The molecule has 0 bridgehead atoms.